The zero-order valence-corrected chi connectivity index (χ0v) is 14.1. The van der Waals surface area contributed by atoms with Gasteiger partial charge in [-0.3, -0.25) is 0 Å². The molecule has 0 spiro atoms. The molecule has 1 unspecified atom stereocenters. The molecule has 4 heteroatoms. The fourth-order valence-corrected chi connectivity index (χ4v) is 2.71. The third-order valence-electron chi connectivity index (χ3n) is 3.58. The molecule has 110 valence electrons. The number of nitrogens with one attached hydrogen (secondary N) is 1. The Kier molecular flexibility index (Phi) is 6.43. The van der Waals surface area contributed by atoms with E-state index in [0.717, 1.165) is 19.6 Å². The first-order valence-corrected chi connectivity index (χ1v) is 8.08. The number of likely N-dealkylation sites (N-methyl/N-ethyl adjacent to an activating group) is 1. The number of thiazole rings is 1. The Morgan fingerprint density at radius 1 is 1.42 bits per heavy atom. The molecule has 0 aliphatic heterocycles. The average molecular weight is 283 g/mol. The summed E-state index contributed by atoms with van der Waals surface area (Å²) in [6.07, 6.45) is 1.21. The molecule has 1 aromatic rings. The molecule has 0 fully saturated rings. The lowest BCUT2D eigenvalue weighted by Crippen LogP contribution is -2.34. The average Bonchev–Trinajstić information content (AvgIpc) is 2.81. The van der Waals surface area contributed by atoms with E-state index in [0.29, 0.717) is 6.04 Å². The lowest BCUT2D eigenvalue weighted by Gasteiger charge is -2.23. The monoisotopic (exact) mass is 283 g/mol. The zero-order valence-electron chi connectivity index (χ0n) is 13.3. The molecule has 0 saturated heterocycles. The molecule has 1 N–H and O–H groups in total. The Bertz CT molecular complexity index is 368. The highest BCUT2D eigenvalue weighted by atomic mass is 32.1. The SMILES string of the molecule is CCC(C)N(C)CCNCc1nc(C(C)(C)C)cs1. The van der Waals surface area contributed by atoms with Gasteiger partial charge in [0.1, 0.15) is 5.01 Å². The van der Waals surface area contributed by atoms with Crippen molar-refractivity contribution < 1.29 is 0 Å². The van der Waals surface area contributed by atoms with Crippen LogP contribution >= 0.6 is 11.3 Å². The third kappa shape index (κ3) is 5.59. The number of nitrogens with zero attached hydrogens (tertiary/aromatic N) is 2. The van der Waals surface area contributed by atoms with Gasteiger partial charge < -0.3 is 10.2 Å². The normalized spacial score (nSPS) is 14.1. The first kappa shape index (κ1) is 16.6. The van der Waals surface area contributed by atoms with Crippen molar-refractivity contribution in [1.29, 1.82) is 0 Å². The van der Waals surface area contributed by atoms with Crippen molar-refractivity contribution >= 4 is 11.3 Å². The van der Waals surface area contributed by atoms with Crippen molar-refractivity contribution in [1.82, 2.24) is 15.2 Å². The molecule has 1 atom stereocenters. The fourth-order valence-electron chi connectivity index (χ4n) is 1.72. The second-order valence-electron chi connectivity index (χ2n) is 6.29. The van der Waals surface area contributed by atoms with Crippen LogP contribution in [-0.2, 0) is 12.0 Å². The van der Waals surface area contributed by atoms with Crippen molar-refractivity contribution in [3.8, 4) is 0 Å². The predicted octanol–water partition coefficient (Wildman–Crippen LogP) is 3.26. The van der Waals surface area contributed by atoms with E-state index in [4.69, 9.17) is 4.98 Å². The maximum atomic E-state index is 4.69. The molecular weight excluding hydrogens is 254 g/mol. The summed E-state index contributed by atoms with van der Waals surface area (Å²) < 4.78 is 0. The summed E-state index contributed by atoms with van der Waals surface area (Å²) in [5, 5.41) is 6.86. The second-order valence-corrected chi connectivity index (χ2v) is 7.23. The standard InChI is InChI=1S/C15H29N3S/c1-7-12(2)18(6)9-8-16-10-14-17-13(11-19-14)15(3,4)5/h11-12,16H,7-10H2,1-6H3. The molecule has 19 heavy (non-hydrogen) atoms. The van der Waals surface area contributed by atoms with Crippen molar-refractivity contribution in [3.63, 3.8) is 0 Å². The van der Waals surface area contributed by atoms with E-state index in [2.05, 4.69) is 57.3 Å². The van der Waals surface area contributed by atoms with Crippen molar-refractivity contribution in [2.24, 2.45) is 0 Å². The van der Waals surface area contributed by atoms with Gasteiger partial charge in [-0.15, -0.1) is 11.3 Å². The fraction of sp³-hybridized carbons (Fsp3) is 0.800. The van der Waals surface area contributed by atoms with Gasteiger partial charge in [-0.05, 0) is 20.4 Å². The first-order valence-electron chi connectivity index (χ1n) is 7.20. The van der Waals surface area contributed by atoms with Crippen LogP contribution in [0, 0.1) is 0 Å². The summed E-state index contributed by atoms with van der Waals surface area (Å²) in [5.74, 6) is 0. The summed E-state index contributed by atoms with van der Waals surface area (Å²) in [5.41, 5.74) is 1.36. The van der Waals surface area contributed by atoms with E-state index >= 15 is 0 Å². The summed E-state index contributed by atoms with van der Waals surface area (Å²) >= 11 is 1.76. The van der Waals surface area contributed by atoms with Gasteiger partial charge in [0.2, 0.25) is 0 Å². The second kappa shape index (κ2) is 7.36. The first-order chi connectivity index (χ1) is 8.84. The van der Waals surface area contributed by atoms with Gasteiger partial charge in [-0.2, -0.15) is 0 Å². The zero-order chi connectivity index (χ0) is 14.5. The molecule has 0 bridgehead atoms. The van der Waals surface area contributed by atoms with E-state index in [1.54, 1.807) is 11.3 Å². The van der Waals surface area contributed by atoms with Crippen LogP contribution in [-0.4, -0.2) is 36.1 Å². The highest BCUT2D eigenvalue weighted by molar-refractivity contribution is 7.09. The molecular formula is C15H29N3S. The van der Waals surface area contributed by atoms with E-state index in [1.165, 1.54) is 17.1 Å². The van der Waals surface area contributed by atoms with Gasteiger partial charge in [0.15, 0.2) is 0 Å². The minimum Gasteiger partial charge on any atom is -0.309 e. The van der Waals surface area contributed by atoms with Crippen molar-refractivity contribution in [3.05, 3.63) is 16.1 Å². The third-order valence-corrected chi connectivity index (χ3v) is 4.43. The van der Waals surface area contributed by atoms with Crippen LogP contribution in [0.25, 0.3) is 0 Å². The van der Waals surface area contributed by atoms with E-state index < -0.39 is 0 Å². The molecule has 0 saturated carbocycles. The highest BCUT2D eigenvalue weighted by Gasteiger charge is 2.17. The van der Waals surface area contributed by atoms with Crippen LogP contribution in [0.2, 0.25) is 0 Å². The maximum absolute atomic E-state index is 4.69. The van der Waals surface area contributed by atoms with Crippen LogP contribution in [0.15, 0.2) is 5.38 Å². The number of aromatic nitrogens is 1. The summed E-state index contributed by atoms with van der Waals surface area (Å²) in [4.78, 5) is 7.09. The van der Waals surface area contributed by atoms with Gasteiger partial charge in [0.25, 0.3) is 0 Å². The number of hydrogen-bond donors (Lipinski definition) is 1. The predicted molar refractivity (Wildman–Crippen MR) is 84.9 cm³/mol. The van der Waals surface area contributed by atoms with Crippen molar-refractivity contribution in [2.45, 2.75) is 59.0 Å². The van der Waals surface area contributed by atoms with Crippen LogP contribution in [0.5, 0.6) is 0 Å². The molecule has 0 radical (unpaired) electrons. The van der Waals surface area contributed by atoms with Gasteiger partial charge >= 0.3 is 0 Å². The molecule has 1 rings (SSSR count). The molecule has 1 aromatic heterocycles. The largest absolute Gasteiger partial charge is 0.309 e. The van der Waals surface area contributed by atoms with Crippen LogP contribution in [0.4, 0.5) is 0 Å². The molecule has 0 aromatic carbocycles. The van der Waals surface area contributed by atoms with Gasteiger partial charge in [0, 0.05) is 36.5 Å². The van der Waals surface area contributed by atoms with Crippen LogP contribution in [0.1, 0.15) is 51.7 Å². The highest BCUT2D eigenvalue weighted by Crippen LogP contribution is 2.23. The van der Waals surface area contributed by atoms with Gasteiger partial charge in [-0.25, -0.2) is 4.98 Å². The molecule has 0 aliphatic rings. The summed E-state index contributed by atoms with van der Waals surface area (Å²) in [7, 11) is 2.19. The number of rotatable bonds is 7. The molecule has 0 aliphatic carbocycles. The van der Waals surface area contributed by atoms with Crippen molar-refractivity contribution in [2.75, 3.05) is 20.1 Å². The minimum absolute atomic E-state index is 0.158. The minimum atomic E-state index is 0.158. The lowest BCUT2D eigenvalue weighted by atomic mass is 9.93. The van der Waals surface area contributed by atoms with Gasteiger partial charge in [0.05, 0.1) is 5.69 Å². The molecule has 0 amide bonds. The molecule has 1 heterocycles. The smallest absolute Gasteiger partial charge is 0.107 e. The number of hydrogen-bond acceptors (Lipinski definition) is 4. The van der Waals surface area contributed by atoms with Crippen LogP contribution in [0.3, 0.4) is 0 Å². The van der Waals surface area contributed by atoms with E-state index in [9.17, 15) is 0 Å². The Hall–Kier alpha value is -0.450. The van der Waals surface area contributed by atoms with Crippen LogP contribution < -0.4 is 5.32 Å². The quantitative estimate of drug-likeness (QED) is 0.779. The topological polar surface area (TPSA) is 28.2 Å². The molecule has 3 nitrogen and oxygen atoms in total. The van der Waals surface area contributed by atoms with Gasteiger partial charge in [-0.1, -0.05) is 27.7 Å². The van der Waals surface area contributed by atoms with E-state index in [-0.39, 0.29) is 5.41 Å². The Balaban J connectivity index is 2.28. The summed E-state index contributed by atoms with van der Waals surface area (Å²) in [6, 6.07) is 0.661. The Labute approximate surface area is 122 Å². The van der Waals surface area contributed by atoms with E-state index in [1.807, 2.05) is 0 Å². The maximum Gasteiger partial charge on any atom is 0.107 e. The Morgan fingerprint density at radius 3 is 2.63 bits per heavy atom. The Morgan fingerprint density at radius 2 is 2.11 bits per heavy atom. The summed E-state index contributed by atoms with van der Waals surface area (Å²) in [6.45, 7) is 14.1. The lowest BCUT2D eigenvalue weighted by molar-refractivity contribution is 0.251.